The molecule has 0 aliphatic carbocycles. The molecule has 0 aliphatic rings. The number of carbonyl (C=O) groups is 2. The molecule has 39 heavy (non-hydrogen) atoms. The summed E-state index contributed by atoms with van der Waals surface area (Å²) < 4.78 is 57.6. The van der Waals surface area contributed by atoms with Crippen LogP contribution in [-0.2, 0) is 26.2 Å². The van der Waals surface area contributed by atoms with Crippen molar-refractivity contribution in [3.05, 3.63) is 95.6 Å². The van der Waals surface area contributed by atoms with Crippen molar-refractivity contribution >= 4 is 27.5 Å². The molecule has 0 radical (unpaired) electrons. The van der Waals surface area contributed by atoms with Gasteiger partial charge in [0.25, 0.3) is 10.0 Å². The van der Waals surface area contributed by atoms with Crippen molar-refractivity contribution in [2.45, 2.75) is 57.6 Å². The first-order valence-electron chi connectivity index (χ1n) is 12.6. The lowest BCUT2D eigenvalue weighted by molar-refractivity contribution is -0.139. The third kappa shape index (κ3) is 7.20. The first kappa shape index (κ1) is 29.8. The van der Waals surface area contributed by atoms with Crippen LogP contribution in [0.3, 0.4) is 0 Å². The third-order valence-corrected chi connectivity index (χ3v) is 8.25. The summed E-state index contributed by atoms with van der Waals surface area (Å²) in [5.41, 5.74) is 0.640. The zero-order valence-electron chi connectivity index (χ0n) is 22.4. The zero-order valence-corrected chi connectivity index (χ0v) is 23.2. The van der Waals surface area contributed by atoms with Crippen LogP contribution >= 0.6 is 0 Å². The van der Waals surface area contributed by atoms with Gasteiger partial charge in [-0.1, -0.05) is 55.0 Å². The van der Waals surface area contributed by atoms with Crippen LogP contribution in [0.5, 0.6) is 0 Å². The first-order chi connectivity index (χ1) is 18.4. The zero-order chi connectivity index (χ0) is 28.7. The van der Waals surface area contributed by atoms with Crippen molar-refractivity contribution in [1.29, 1.82) is 0 Å². The van der Waals surface area contributed by atoms with Crippen molar-refractivity contribution in [3.63, 3.8) is 0 Å². The third-order valence-electron chi connectivity index (χ3n) is 6.48. The van der Waals surface area contributed by atoms with E-state index in [1.807, 2.05) is 13.8 Å². The van der Waals surface area contributed by atoms with E-state index in [9.17, 15) is 26.8 Å². The van der Waals surface area contributed by atoms with Crippen LogP contribution in [0.2, 0.25) is 0 Å². The second-order valence-corrected chi connectivity index (χ2v) is 11.2. The van der Waals surface area contributed by atoms with Gasteiger partial charge in [-0.15, -0.1) is 0 Å². The second-order valence-electron chi connectivity index (χ2n) is 9.38. The summed E-state index contributed by atoms with van der Waals surface area (Å²) in [6.07, 6.45) is 0.648. The van der Waals surface area contributed by atoms with E-state index in [0.717, 1.165) is 16.5 Å². The van der Waals surface area contributed by atoms with Crippen molar-refractivity contribution in [2.75, 3.05) is 10.8 Å². The van der Waals surface area contributed by atoms with Gasteiger partial charge in [0, 0.05) is 18.2 Å². The number of hydrogen-bond acceptors (Lipinski definition) is 4. The van der Waals surface area contributed by atoms with Gasteiger partial charge in [-0.05, 0) is 57.5 Å². The molecule has 2 unspecified atom stereocenters. The standard InChI is InChI=1S/C29H33F2N3O4S/c1-5-21(3)32-29(36)22(4)33(18-23-10-6-7-11-25(23)30)28(35)19-34(27-13-9-8-12-26(27)31)39(37,38)24-16-14-20(2)15-17-24/h6-17,21-22H,5,18-19H2,1-4H3,(H,32,36). The molecule has 1 N–H and O–H groups in total. The predicted octanol–water partition coefficient (Wildman–Crippen LogP) is 4.80. The summed E-state index contributed by atoms with van der Waals surface area (Å²) in [7, 11) is -4.40. The van der Waals surface area contributed by atoms with Gasteiger partial charge in [-0.2, -0.15) is 0 Å². The molecule has 0 heterocycles. The van der Waals surface area contributed by atoms with Gasteiger partial charge in [0.2, 0.25) is 11.8 Å². The number of halogens is 2. The maximum absolute atomic E-state index is 14.9. The number of nitrogens with one attached hydrogen (secondary N) is 1. The Labute approximate surface area is 228 Å². The summed E-state index contributed by atoms with van der Waals surface area (Å²) >= 11 is 0. The Kier molecular flexibility index (Phi) is 9.80. The van der Waals surface area contributed by atoms with Crippen LogP contribution in [0.1, 0.15) is 38.3 Å². The van der Waals surface area contributed by atoms with E-state index in [4.69, 9.17) is 0 Å². The summed E-state index contributed by atoms with van der Waals surface area (Å²) in [6, 6.07) is 15.7. The van der Waals surface area contributed by atoms with Crippen molar-refractivity contribution in [3.8, 4) is 0 Å². The minimum absolute atomic E-state index is 0.132. The Morgan fingerprint density at radius 2 is 1.49 bits per heavy atom. The fourth-order valence-corrected chi connectivity index (χ4v) is 5.28. The molecule has 3 aromatic rings. The molecular weight excluding hydrogens is 524 g/mol. The molecule has 0 spiro atoms. The molecule has 3 aromatic carbocycles. The number of aryl methyl sites for hydroxylation is 1. The smallest absolute Gasteiger partial charge is 0.264 e. The maximum atomic E-state index is 14.9. The average molecular weight is 558 g/mol. The summed E-state index contributed by atoms with van der Waals surface area (Å²) in [5.74, 6) is -2.70. The van der Waals surface area contributed by atoms with E-state index in [-0.39, 0.29) is 28.7 Å². The van der Waals surface area contributed by atoms with Gasteiger partial charge in [-0.3, -0.25) is 13.9 Å². The van der Waals surface area contributed by atoms with Gasteiger partial charge < -0.3 is 10.2 Å². The lowest BCUT2D eigenvalue weighted by Crippen LogP contribution is -2.52. The van der Waals surface area contributed by atoms with Gasteiger partial charge in [-0.25, -0.2) is 17.2 Å². The van der Waals surface area contributed by atoms with Crippen LogP contribution < -0.4 is 9.62 Å². The highest BCUT2D eigenvalue weighted by molar-refractivity contribution is 7.92. The van der Waals surface area contributed by atoms with Gasteiger partial charge in [0.05, 0.1) is 10.6 Å². The number of anilines is 1. The van der Waals surface area contributed by atoms with E-state index >= 15 is 0 Å². The minimum atomic E-state index is -4.40. The number of para-hydroxylation sites is 1. The topological polar surface area (TPSA) is 86.8 Å². The normalized spacial score (nSPS) is 12.9. The minimum Gasteiger partial charge on any atom is -0.352 e. The Bertz CT molecular complexity index is 1410. The molecule has 0 saturated carbocycles. The average Bonchev–Trinajstić information content (AvgIpc) is 2.91. The van der Waals surface area contributed by atoms with E-state index in [0.29, 0.717) is 10.7 Å². The molecule has 208 valence electrons. The van der Waals surface area contributed by atoms with Crippen molar-refractivity contribution in [1.82, 2.24) is 10.2 Å². The highest BCUT2D eigenvalue weighted by Gasteiger charge is 2.34. The Morgan fingerprint density at radius 3 is 2.08 bits per heavy atom. The fourth-order valence-electron chi connectivity index (χ4n) is 3.86. The number of benzene rings is 3. The lowest BCUT2D eigenvalue weighted by atomic mass is 10.1. The lowest BCUT2D eigenvalue weighted by Gasteiger charge is -2.32. The molecule has 7 nitrogen and oxygen atoms in total. The Morgan fingerprint density at radius 1 is 0.897 bits per heavy atom. The quantitative estimate of drug-likeness (QED) is 0.367. The van der Waals surface area contributed by atoms with E-state index in [1.165, 1.54) is 55.5 Å². The van der Waals surface area contributed by atoms with E-state index < -0.39 is 46.1 Å². The molecule has 0 aliphatic heterocycles. The number of hydrogen-bond donors (Lipinski definition) is 1. The SMILES string of the molecule is CCC(C)NC(=O)C(C)N(Cc1ccccc1F)C(=O)CN(c1ccccc1F)S(=O)(=O)c1ccc(C)cc1. The van der Waals surface area contributed by atoms with E-state index in [2.05, 4.69) is 5.32 Å². The van der Waals surface area contributed by atoms with Crippen LogP contribution in [0.25, 0.3) is 0 Å². The van der Waals surface area contributed by atoms with Crippen molar-refractivity contribution in [2.24, 2.45) is 0 Å². The van der Waals surface area contributed by atoms with Crippen LogP contribution in [0.15, 0.2) is 77.7 Å². The monoisotopic (exact) mass is 557 g/mol. The van der Waals surface area contributed by atoms with Crippen LogP contribution in [0.4, 0.5) is 14.5 Å². The van der Waals surface area contributed by atoms with E-state index in [1.54, 1.807) is 25.1 Å². The molecule has 2 atom stereocenters. The fraction of sp³-hybridized carbons (Fsp3) is 0.310. The molecule has 0 aromatic heterocycles. The number of amides is 2. The second kappa shape index (κ2) is 12.8. The van der Waals surface area contributed by atoms with Crippen LogP contribution in [-0.4, -0.2) is 43.8 Å². The van der Waals surface area contributed by atoms with Crippen LogP contribution in [0, 0.1) is 18.6 Å². The molecule has 0 bridgehead atoms. The van der Waals surface area contributed by atoms with Gasteiger partial charge >= 0.3 is 0 Å². The summed E-state index contributed by atoms with van der Waals surface area (Å²) in [5, 5.41) is 2.80. The molecule has 0 fully saturated rings. The van der Waals surface area contributed by atoms with Crippen molar-refractivity contribution < 1.29 is 26.8 Å². The molecule has 2 amide bonds. The summed E-state index contributed by atoms with van der Waals surface area (Å²) in [6.45, 7) is 5.87. The maximum Gasteiger partial charge on any atom is 0.264 e. The highest BCUT2D eigenvalue weighted by Crippen LogP contribution is 2.27. The molecule has 0 saturated heterocycles. The number of sulfonamides is 1. The Balaban J connectivity index is 2.05. The Hall–Kier alpha value is -3.79. The highest BCUT2D eigenvalue weighted by atomic mass is 32.2. The molecule has 10 heteroatoms. The molecular formula is C29H33F2N3O4S. The number of carbonyl (C=O) groups excluding carboxylic acids is 2. The number of nitrogens with zero attached hydrogens (tertiary/aromatic N) is 2. The van der Waals surface area contributed by atoms with Gasteiger partial charge in [0.15, 0.2) is 0 Å². The summed E-state index contributed by atoms with van der Waals surface area (Å²) in [4.78, 5) is 27.8. The predicted molar refractivity (Wildman–Crippen MR) is 146 cm³/mol. The largest absolute Gasteiger partial charge is 0.352 e. The molecule has 3 rings (SSSR count). The first-order valence-corrected chi connectivity index (χ1v) is 14.1. The number of rotatable bonds is 11. The van der Waals surface area contributed by atoms with Gasteiger partial charge in [0.1, 0.15) is 24.2 Å².